The number of phosphoric acid groups is 1. The number of fused-ring (bicyclic) bond motifs is 3. The summed E-state index contributed by atoms with van der Waals surface area (Å²) in [5.74, 6) is 0. The number of allylic oxidation sites excluding steroid dienone is 3. The third-order valence-electron chi connectivity index (χ3n) is 15.9. The van der Waals surface area contributed by atoms with Crippen LogP contribution in [0.4, 0.5) is 0 Å². The average molecular weight is 963 g/mol. The molecule has 3 aliphatic rings. The average Bonchev–Trinajstić information content (AvgIpc) is 3.35. The van der Waals surface area contributed by atoms with Gasteiger partial charge in [0.15, 0.2) is 0 Å². The highest BCUT2D eigenvalue weighted by atomic mass is 31.2. The topological polar surface area (TPSA) is 44.8 Å². The molecule has 0 aromatic heterocycles. The highest BCUT2D eigenvalue weighted by Gasteiger charge is 2.31. The van der Waals surface area contributed by atoms with Crippen LogP contribution >= 0.6 is 7.82 Å². The maximum atomic E-state index is 14.6. The van der Waals surface area contributed by atoms with Gasteiger partial charge >= 0.3 is 7.82 Å². The first-order chi connectivity index (χ1) is 33.9. The lowest BCUT2D eigenvalue weighted by Crippen LogP contribution is -2.23. The Morgan fingerprint density at radius 1 is 0.423 bits per heavy atom. The van der Waals surface area contributed by atoms with E-state index in [9.17, 15) is 4.57 Å². The lowest BCUT2D eigenvalue weighted by Gasteiger charge is -2.33. The normalized spacial score (nSPS) is 17.6. The first-order valence-corrected chi connectivity index (χ1v) is 27.6. The van der Waals surface area contributed by atoms with E-state index in [0.717, 1.165) is 52.6 Å². The van der Waals surface area contributed by atoms with Gasteiger partial charge in [-0.1, -0.05) is 187 Å². The van der Waals surface area contributed by atoms with Crippen LogP contribution in [0, 0.1) is 0 Å². The number of hydrogen-bond donors (Lipinski definition) is 0. The van der Waals surface area contributed by atoms with E-state index in [-0.39, 0.29) is 36.1 Å². The molecule has 0 unspecified atom stereocenters. The van der Waals surface area contributed by atoms with Crippen molar-refractivity contribution in [2.45, 2.75) is 156 Å². The number of aryl methyl sites for hydroxylation is 3. The van der Waals surface area contributed by atoms with Gasteiger partial charge in [0.05, 0.1) is 19.8 Å². The molecule has 0 heterocycles. The van der Waals surface area contributed by atoms with E-state index in [1.807, 2.05) is 36.4 Å². The Morgan fingerprint density at radius 3 is 0.958 bits per heavy atom. The van der Waals surface area contributed by atoms with Crippen molar-refractivity contribution in [1.82, 2.24) is 0 Å². The second-order valence-electron chi connectivity index (χ2n) is 22.8. The fraction of sp³-hybridized carbons (Fsp3) is 0.364. The Balaban J connectivity index is 0.881. The van der Waals surface area contributed by atoms with Gasteiger partial charge in [-0.2, -0.15) is 0 Å². The summed E-state index contributed by atoms with van der Waals surface area (Å²) in [6.45, 7) is 21.0. The zero-order chi connectivity index (χ0) is 50.0. The smallest absolute Gasteiger partial charge is 0.282 e. The van der Waals surface area contributed by atoms with Crippen molar-refractivity contribution in [3.8, 4) is 0 Å². The van der Waals surface area contributed by atoms with Gasteiger partial charge in [0.2, 0.25) is 0 Å². The molecule has 0 amide bonds. The Bertz CT molecular complexity index is 2690. The zero-order valence-electron chi connectivity index (χ0n) is 43.9. The minimum absolute atomic E-state index is 0.0753. The van der Waals surface area contributed by atoms with Crippen LogP contribution in [0.25, 0.3) is 34.9 Å². The van der Waals surface area contributed by atoms with Crippen LogP contribution in [0.15, 0.2) is 127 Å². The molecule has 0 fully saturated rings. The molecule has 0 saturated heterocycles. The van der Waals surface area contributed by atoms with E-state index >= 15 is 0 Å². The van der Waals surface area contributed by atoms with Gasteiger partial charge in [-0.05, 0) is 195 Å². The van der Waals surface area contributed by atoms with Crippen LogP contribution in [-0.2, 0) is 73.5 Å². The summed E-state index contributed by atoms with van der Waals surface area (Å²) in [7, 11) is -4.04. The molecular weight excluding hydrogens is 888 g/mol. The van der Waals surface area contributed by atoms with Crippen LogP contribution in [0.1, 0.15) is 184 Å². The van der Waals surface area contributed by atoms with Crippen LogP contribution in [0.2, 0.25) is 0 Å². The highest BCUT2D eigenvalue weighted by Crippen LogP contribution is 2.52. The third kappa shape index (κ3) is 12.1. The van der Waals surface area contributed by atoms with Crippen LogP contribution in [0.5, 0.6) is 0 Å². The molecule has 0 radical (unpaired) electrons. The molecule has 3 aliphatic carbocycles. The molecule has 0 spiro atoms. The van der Waals surface area contributed by atoms with Gasteiger partial charge in [0.1, 0.15) is 0 Å². The van der Waals surface area contributed by atoms with E-state index in [2.05, 4.69) is 172 Å². The molecule has 0 bridgehead atoms. The van der Waals surface area contributed by atoms with Crippen molar-refractivity contribution >= 4 is 42.8 Å². The maximum Gasteiger partial charge on any atom is 0.475 e. The van der Waals surface area contributed by atoms with E-state index in [1.54, 1.807) is 0 Å². The molecule has 6 aromatic carbocycles. The maximum absolute atomic E-state index is 14.6. The summed E-state index contributed by atoms with van der Waals surface area (Å²) < 4.78 is 33.1. The molecule has 0 aliphatic heterocycles. The van der Waals surface area contributed by atoms with Crippen LogP contribution in [0.3, 0.4) is 0 Å². The van der Waals surface area contributed by atoms with E-state index in [0.29, 0.717) is 0 Å². The van der Waals surface area contributed by atoms with E-state index in [4.69, 9.17) is 13.6 Å². The molecule has 0 saturated carbocycles. The quantitative estimate of drug-likeness (QED) is 0.0760. The van der Waals surface area contributed by atoms with E-state index < -0.39 is 7.82 Å². The predicted octanol–water partition coefficient (Wildman–Crippen LogP) is 18.3. The number of hydrogen-bond acceptors (Lipinski definition) is 4. The first kappa shape index (κ1) is 50.6. The van der Waals surface area contributed by atoms with Crippen molar-refractivity contribution in [2.75, 3.05) is 0 Å². The van der Waals surface area contributed by atoms with Crippen molar-refractivity contribution in [1.29, 1.82) is 0 Å². The minimum Gasteiger partial charge on any atom is -0.282 e. The summed E-state index contributed by atoms with van der Waals surface area (Å²) in [5.41, 5.74) is 22.8. The third-order valence-corrected chi connectivity index (χ3v) is 17.2. The fourth-order valence-corrected chi connectivity index (χ4v) is 12.4. The van der Waals surface area contributed by atoms with Crippen molar-refractivity contribution in [3.05, 3.63) is 211 Å². The van der Waals surface area contributed by atoms with Gasteiger partial charge in [-0.3, -0.25) is 13.6 Å². The van der Waals surface area contributed by atoms with Gasteiger partial charge in [-0.15, -0.1) is 0 Å². The molecule has 4 nitrogen and oxygen atoms in total. The Hall–Kier alpha value is -5.35. The Kier molecular flexibility index (Phi) is 15.0. The molecule has 0 N–H and O–H groups in total. The summed E-state index contributed by atoms with van der Waals surface area (Å²) in [5, 5.41) is 0. The summed E-state index contributed by atoms with van der Waals surface area (Å²) >= 11 is 0. The van der Waals surface area contributed by atoms with Gasteiger partial charge in [0.25, 0.3) is 0 Å². The lowest BCUT2D eigenvalue weighted by atomic mass is 9.72. The van der Waals surface area contributed by atoms with Crippen molar-refractivity contribution in [2.24, 2.45) is 0 Å². The molecule has 6 aromatic rings. The largest absolute Gasteiger partial charge is 0.475 e. The lowest BCUT2D eigenvalue weighted by molar-refractivity contribution is 0.0978. The molecule has 0 atom stereocenters. The minimum atomic E-state index is -4.04. The monoisotopic (exact) mass is 963 g/mol. The number of phosphoric ester groups is 1. The van der Waals surface area contributed by atoms with Crippen molar-refractivity contribution < 1.29 is 18.1 Å². The SMILES string of the molecule is C/C(=C\c1ccc(COP(=O)(OCc2ccc(/C=C(\C)c3ccc4c(c3)C(C)(C)CCC4)cc2)OCc2ccc(/C=C(\C)c3ccc4c(c3)C(C)(C)CCC4)cc2)cc1)c1ccc2c(c1)C(C)(C)CCC2. The van der Waals surface area contributed by atoms with Gasteiger partial charge in [-0.25, -0.2) is 4.57 Å². The van der Waals surface area contributed by atoms with Crippen molar-refractivity contribution in [3.63, 3.8) is 0 Å². The van der Waals surface area contributed by atoms with Crippen LogP contribution in [-0.4, -0.2) is 0 Å². The zero-order valence-corrected chi connectivity index (χ0v) is 44.8. The van der Waals surface area contributed by atoms with Crippen LogP contribution < -0.4 is 0 Å². The Morgan fingerprint density at radius 2 is 0.690 bits per heavy atom. The highest BCUT2D eigenvalue weighted by molar-refractivity contribution is 7.48. The first-order valence-electron chi connectivity index (χ1n) is 26.2. The molecule has 5 heteroatoms. The predicted molar refractivity (Wildman–Crippen MR) is 299 cm³/mol. The molecule has 71 heavy (non-hydrogen) atoms. The number of rotatable bonds is 15. The van der Waals surface area contributed by atoms with Gasteiger partial charge < -0.3 is 0 Å². The Labute approximate surface area is 425 Å². The van der Waals surface area contributed by atoms with E-state index in [1.165, 1.54) is 105 Å². The molecule has 368 valence electrons. The summed E-state index contributed by atoms with van der Waals surface area (Å²) in [6, 6.07) is 45.6. The second-order valence-corrected chi connectivity index (χ2v) is 24.5. The number of benzene rings is 6. The van der Waals surface area contributed by atoms with Gasteiger partial charge in [0, 0.05) is 0 Å². The standard InChI is InChI=1S/C66H75O4P/c1-46(58-31-28-55-13-10-34-64(4,5)61(55)40-58)37-49-16-22-52(23-17-49)43-68-71(67,69-44-53-24-18-50(19-25-53)38-47(2)59-32-29-56-14-11-35-65(6,7)62(56)41-59)70-45-54-26-20-51(21-27-54)39-48(3)60-33-30-57-15-12-36-66(8,9)63(57)42-60/h16-33,37-42H,10-15,34-36,43-45H2,1-9H3/b46-37+,47-38+,48-39+. The second kappa shape index (κ2) is 21.0. The fourth-order valence-electron chi connectivity index (χ4n) is 11.3. The summed E-state index contributed by atoms with van der Waals surface area (Å²) in [4.78, 5) is 0. The molecular formula is C66H75O4P. The summed E-state index contributed by atoms with van der Waals surface area (Å²) in [6.07, 6.45) is 17.6. The molecule has 9 rings (SSSR count).